The molecule has 0 atom stereocenters. The molecule has 0 radical (unpaired) electrons. The van der Waals surface area contributed by atoms with Crippen LogP contribution in [0.5, 0.6) is 5.75 Å². The molecular formula is C26H26N4O10. The van der Waals surface area contributed by atoms with Gasteiger partial charge in [0.2, 0.25) is 11.2 Å². The van der Waals surface area contributed by atoms with Gasteiger partial charge in [0, 0.05) is 29.0 Å². The molecule has 14 nitrogen and oxygen atoms in total. The summed E-state index contributed by atoms with van der Waals surface area (Å²) in [5, 5.41) is 47.8. The molecule has 0 bridgehead atoms. The molecule has 0 spiro atoms. The Morgan fingerprint density at radius 2 is 1.15 bits per heavy atom. The number of aromatic hydroxyl groups is 1. The van der Waals surface area contributed by atoms with E-state index in [1.165, 1.54) is 48.5 Å². The van der Waals surface area contributed by atoms with Crippen LogP contribution in [0.25, 0.3) is 0 Å². The first-order chi connectivity index (χ1) is 19.1. The number of benzene rings is 2. The van der Waals surface area contributed by atoms with Crippen LogP contribution in [-0.2, 0) is 29.3 Å². The highest BCUT2D eigenvalue weighted by Gasteiger charge is 2.19. The highest BCUT2D eigenvalue weighted by Crippen LogP contribution is 2.21. The van der Waals surface area contributed by atoms with E-state index in [1.54, 1.807) is 0 Å². The third-order valence-electron chi connectivity index (χ3n) is 5.50. The van der Waals surface area contributed by atoms with E-state index < -0.39 is 54.6 Å². The summed E-state index contributed by atoms with van der Waals surface area (Å²) in [4.78, 5) is 57.8. The maximum atomic E-state index is 12.8. The fraction of sp³-hybridized carbons (Fsp3) is 0.192. The summed E-state index contributed by atoms with van der Waals surface area (Å²) in [7, 11) is 0. The largest absolute Gasteiger partial charge is 0.502 e. The normalized spacial score (nSPS) is 10.4. The van der Waals surface area contributed by atoms with Gasteiger partial charge in [-0.3, -0.25) is 24.0 Å². The predicted molar refractivity (Wildman–Crippen MR) is 140 cm³/mol. The molecule has 0 unspecified atom stereocenters. The van der Waals surface area contributed by atoms with Gasteiger partial charge >= 0.3 is 11.9 Å². The third-order valence-corrected chi connectivity index (χ3v) is 5.50. The van der Waals surface area contributed by atoms with E-state index in [0.717, 1.165) is 0 Å². The van der Waals surface area contributed by atoms with Crippen molar-refractivity contribution in [3.8, 4) is 5.75 Å². The first kappa shape index (κ1) is 29.2. The molecular weight excluding hydrogens is 528 g/mol. The van der Waals surface area contributed by atoms with Crippen molar-refractivity contribution in [2.45, 2.75) is 19.7 Å². The molecule has 1 aromatic heterocycles. The number of anilines is 2. The molecule has 0 fully saturated rings. The van der Waals surface area contributed by atoms with Gasteiger partial charge in [-0.25, -0.2) is 0 Å². The molecule has 0 saturated carbocycles. The smallest absolute Gasteiger partial charge is 0.322 e. The van der Waals surface area contributed by atoms with E-state index in [9.17, 15) is 34.2 Å². The van der Waals surface area contributed by atoms with Crippen LogP contribution >= 0.6 is 0 Å². The summed E-state index contributed by atoms with van der Waals surface area (Å²) in [5.74, 6) is -4.33. The number of carbonyl (C=O) groups is 4. The Morgan fingerprint density at radius 1 is 0.700 bits per heavy atom. The maximum Gasteiger partial charge on any atom is 0.322 e. The lowest BCUT2D eigenvalue weighted by Crippen LogP contribution is -2.29. The van der Waals surface area contributed by atoms with Crippen LogP contribution in [0.15, 0.2) is 57.7 Å². The average Bonchev–Trinajstić information content (AvgIpc) is 2.95. The fourth-order valence-electron chi connectivity index (χ4n) is 3.45. The van der Waals surface area contributed by atoms with Gasteiger partial charge in [0.25, 0.3) is 11.8 Å². The second-order valence-electron chi connectivity index (χ2n) is 8.28. The van der Waals surface area contributed by atoms with Crippen molar-refractivity contribution in [1.82, 2.24) is 10.6 Å². The molecule has 3 rings (SSSR count). The van der Waals surface area contributed by atoms with Crippen LogP contribution in [0.2, 0.25) is 0 Å². The van der Waals surface area contributed by atoms with Gasteiger partial charge in [-0.2, -0.15) is 0 Å². The second kappa shape index (κ2) is 13.4. The van der Waals surface area contributed by atoms with Crippen molar-refractivity contribution in [1.29, 1.82) is 0 Å². The Labute approximate surface area is 226 Å². The lowest BCUT2D eigenvalue weighted by molar-refractivity contribution is -0.136. The van der Waals surface area contributed by atoms with E-state index in [-0.39, 0.29) is 41.3 Å². The highest BCUT2D eigenvalue weighted by atomic mass is 16.4. The van der Waals surface area contributed by atoms with E-state index >= 15 is 0 Å². The van der Waals surface area contributed by atoms with Crippen LogP contribution in [0, 0.1) is 0 Å². The molecule has 8 N–H and O–H groups in total. The van der Waals surface area contributed by atoms with Gasteiger partial charge in [-0.05, 0) is 48.5 Å². The van der Waals surface area contributed by atoms with Crippen LogP contribution in [-0.4, -0.2) is 57.3 Å². The molecule has 1 heterocycles. The molecule has 210 valence electrons. The van der Waals surface area contributed by atoms with Gasteiger partial charge in [0.05, 0.1) is 12.1 Å². The lowest BCUT2D eigenvalue weighted by Gasteiger charge is -2.13. The van der Waals surface area contributed by atoms with Crippen molar-refractivity contribution >= 4 is 35.1 Å². The fourth-order valence-corrected chi connectivity index (χ4v) is 3.45. The topological polar surface area (TPSA) is 228 Å². The standard InChI is InChI=1S/C26H26N4O10/c31-13-20-18(9-27-16-5-1-14(2-6-16)25(38)29-11-21(32)33)23(36)24(37)19(40-20)10-28-17-7-3-15(4-8-17)26(39)30-12-22(34)35/h1-8,27-28,31,37H,9-13H2,(H,29,38)(H,30,39)(H,32,33)(H,34,35). The zero-order valence-corrected chi connectivity index (χ0v) is 20.9. The molecule has 0 aliphatic heterocycles. The zero-order valence-electron chi connectivity index (χ0n) is 20.9. The number of rotatable bonds is 13. The van der Waals surface area contributed by atoms with Crippen molar-refractivity contribution < 1.29 is 44.0 Å². The van der Waals surface area contributed by atoms with Crippen LogP contribution < -0.4 is 26.7 Å². The molecule has 0 aliphatic rings. The molecule has 0 aliphatic carbocycles. The SMILES string of the molecule is O=C(O)CNC(=O)c1ccc(NCc2oc(CO)c(CNc3ccc(C(=O)NCC(=O)O)cc3)c(=O)c2O)cc1. The summed E-state index contributed by atoms with van der Waals surface area (Å²) >= 11 is 0. The number of hydrogen-bond acceptors (Lipinski definition) is 10. The Kier molecular flexibility index (Phi) is 9.80. The number of amides is 2. The summed E-state index contributed by atoms with van der Waals surface area (Å²) < 4.78 is 5.57. The Hall–Kier alpha value is -5.37. The highest BCUT2D eigenvalue weighted by molar-refractivity contribution is 5.96. The van der Waals surface area contributed by atoms with Gasteiger partial charge in [0.1, 0.15) is 25.5 Å². The Balaban J connectivity index is 1.64. The predicted octanol–water partition coefficient (Wildman–Crippen LogP) is 0.691. The number of carboxylic acid groups (broad SMARTS) is 2. The number of nitrogens with one attached hydrogen (secondary N) is 4. The number of carbonyl (C=O) groups excluding carboxylic acids is 2. The summed E-state index contributed by atoms with van der Waals surface area (Å²) in [6, 6.07) is 12.0. The summed E-state index contributed by atoms with van der Waals surface area (Å²) in [6.07, 6.45) is 0. The molecule has 2 aromatic carbocycles. The summed E-state index contributed by atoms with van der Waals surface area (Å²) in [6.45, 7) is -1.90. The molecule has 14 heteroatoms. The van der Waals surface area contributed by atoms with Crippen molar-refractivity contribution in [3.63, 3.8) is 0 Å². The van der Waals surface area contributed by atoms with Gasteiger partial charge < -0.3 is 46.1 Å². The Bertz CT molecular complexity index is 1450. The first-order valence-electron chi connectivity index (χ1n) is 11.7. The van der Waals surface area contributed by atoms with E-state index in [1.807, 2.05) is 0 Å². The molecule has 40 heavy (non-hydrogen) atoms. The number of aliphatic hydroxyl groups excluding tert-OH is 1. The lowest BCUT2D eigenvalue weighted by atomic mass is 10.1. The number of aliphatic carboxylic acids is 2. The van der Waals surface area contributed by atoms with Crippen molar-refractivity contribution in [3.05, 3.63) is 87.0 Å². The molecule has 3 aromatic rings. The number of aliphatic hydroxyl groups is 1. The van der Waals surface area contributed by atoms with E-state index in [4.69, 9.17) is 14.6 Å². The van der Waals surface area contributed by atoms with Crippen molar-refractivity contribution in [2.75, 3.05) is 23.7 Å². The van der Waals surface area contributed by atoms with E-state index in [0.29, 0.717) is 11.4 Å². The summed E-state index contributed by atoms with van der Waals surface area (Å²) in [5.41, 5.74) is 0.708. The van der Waals surface area contributed by atoms with Gasteiger partial charge in [-0.1, -0.05) is 0 Å². The van der Waals surface area contributed by atoms with Gasteiger partial charge in [-0.15, -0.1) is 0 Å². The quantitative estimate of drug-likeness (QED) is 0.146. The molecule has 0 saturated heterocycles. The third kappa shape index (κ3) is 7.82. The minimum atomic E-state index is -1.17. The Morgan fingerprint density at radius 3 is 1.57 bits per heavy atom. The van der Waals surface area contributed by atoms with Crippen LogP contribution in [0.4, 0.5) is 11.4 Å². The van der Waals surface area contributed by atoms with E-state index in [2.05, 4.69) is 21.3 Å². The average molecular weight is 555 g/mol. The van der Waals surface area contributed by atoms with Crippen LogP contribution in [0.1, 0.15) is 37.8 Å². The number of hydrogen-bond donors (Lipinski definition) is 8. The zero-order chi connectivity index (χ0) is 29.2. The minimum absolute atomic E-state index is 0.0104. The van der Waals surface area contributed by atoms with Crippen molar-refractivity contribution in [2.24, 2.45) is 0 Å². The second-order valence-corrected chi connectivity index (χ2v) is 8.28. The number of carboxylic acids is 2. The maximum absolute atomic E-state index is 12.8. The van der Waals surface area contributed by atoms with Gasteiger partial charge in [0.15, 0.2) is 5.76 Å². The van der Waals surface area contributed by atoms with Crippen LogP contribution in [0.3, 0.4) is 0 Å². The molecule has 2 amide bonds. The monoisotopic (exact) mass is 554 g/mol. The first-order valence-corrected chi connectivity index (χ1v) is 11.7. The minimum Gasteiger partial charge on any atom is -0.502 e.